The Kier molecular flexibility index (Phi) is 6.51. The smallest absolute Gasteiger partial charge is 0.127 e. The molecule has 112 valence electrons. The number of nitrogens with two attached hydrogens (primary N) is 1. The fraction of sp³-hybridized carbons (Fsp3) is 0.200. The lowest BCUT2D eigenvalue weighted by Gasteiger charge is -2.16. The quantitative estimate of drug-likeness (QED) is 0.437. The van der Waals surface area contributed by atoms with Crippen molar-refractivity contribution in [1.82, 2.24) is 5.43 Å². The van der Waals surface area contributed by atoms with Gasteiger partial charge in [-0.05, 0) is 48.4 Å². The van der Waals surface area contributed by atoms with E-state index in [0.717, 1.165) is 15.1 Å². The largest absolute Gasteiger partial charge is 0.271 e. The van der Waals surface area contributed by atoms with Gasteiger partial charge < -0.3 is 0 Å². The van der Waals surface area contributed by atoms with E-state index >= 15 is 0 Å². The Bertz CT molecular complexity index is 595. The standard InChI is InChI=1S/C15H15BrClFN2S/c16-11-2-5-14(6-3-11)21-9-13(20-19)7-10-1-4-12(17)8-15(10)18/h1-6,8,13,20H,7,9,19H2. The molecule has 2 aromatic rings. The minimum Gasteiger partial charge on any atom is -0.271 e. The highest BCUT2D eigenvalue weighted by Gasteiger charge is 2.12. The van der Waals surface area contributed by atoms with Crippen molar-refractivity contribution in [1.29, 1.82) is 0 Å². The zero-order valence-corrected chi connectivity index (χ0v) is 14.3. The number of nitrogens with one attached hydrogen (secondary N) is 1. The van der Waals surface area contributed by atoms with Crippen molar-refractivity contribution in [2.24, 2.45) is 5.84 Å². The molecule has 0 aliphatic rings. The monoisotopic (exact) mass is 388 g/mol. The third kappa shape index (κ3) is 5.27. The Labute approximate surface area is 141 Å². The Morgan fingerprint density at radius 2 is 1.95 bits per heavy atom. The van der Waals surface area contributed by atoms with Crippen molar-refractivity contribution in [3.8, 4) is 0 Å². The third-order valence-corrected chi connectivity index (χ3v) is 4.92. The van der Waals surface area contributed by atoms with E-state index in [1.807, 2.05) is 24.3 Å². The van der Waals surface area contributed by atoms with Crippen LogP contribution in [0.15, 0.2) is 51.8 Å². The molecule has 0 bridgehead atoms. The van der Waals surface area contributed by atoms with Crippen LogP contribution in [0.4, 0.5) is 4.39 Å². The summed E-state index contributed by atoms with van der Waals surface area (Å²) in [6.07, 6.45) is 0.517. The molecule has 21 heavy (non-hydrogen) atoms. The second-order valence-electron chi connectivity index (χ2n) is 4.57. The normalized spacial score (nSPS) is 12.4. The molecule has 0 aliphatic carbocycles. The molecule has 1 atom stereocenters. The van der Waals surface area contributed by atoms with Crippen molar-refractivity contribution in [3.63, 3.8) is 0 Å². The summed E-state index contributed by atoms with van der Waals surface area (Å²) in [5, 5.41) is 0.401. The van der Waals surface area contributed by atoms with Gasteiger partial charge in [0.2, 0.25) is 0 Å². The molecule has 0 spiro atoms. The van der Waals surface area contributed by atoms with E-state index in [1.54, 1.807) is 23.9 Å². The van der Waals surface area contributed by atoms with Crippen LogP contribution in [-0.2, 0) is 6.42 Å². The van der Waals surface area contributed by atoms with E-state index in [0.29, 0.717) is 17.0 Å². The lowest BCUT2D eigenvalue weighted by atomic mass is 10.1. The first-order valence-electron chi connectivity index (χ1n) is 6.37. The molecule has 0 aliphatic heterocycles. The van der Waals surface area contributed by atoms with Gasteiger partial charge in [0.05, 0.1) is 0 Å². The highest BCUT2D eigenvalue weighted by molar-refractivity contribution is 9.10. The van der Waals surface area contributed by atoms with Gasteiger partial charge in [0.25, 0.3) is 0 Å². The van der Waals surface area contributed by atoms with E-state index in [1.165, 1.54) is 6.07 Å². The summed E-state index contributed by atoms with van der Waals surface area (Å²) in [5.41, 5.74) is 3.35. The molecular formula is C15H15BrClFN2S. The van der Waals surface area contributed by atoms with Crippen LogP contribution in [0.1, 0.15) is 5.56 Å². The van der Waals surface area contributed by atoms with Crippen LogP contribution in [0, 0.1) is 5.82 Å². The topological polar surface area (TPSA) is 38.0 Å². The number of hydrazine groups is 1. The van der Waals surface area contributed by atoms with Crippen molar-refractivity contribution < 1.29 is 4.39 Å². The number of hydrogen-bond donors (Lipinski definition) is 2. The fourth-order valence-electron chi connectivity index (χ4n) is 1.85. The number of rotatable bonds is 6. The minimum absolute atomic E-state index is 0.0191. The van der Waals surface area contributed by atoms with E-state index in [9.17, 15) is 4.39 Å². The van der Waals surface area contributed by atoms with Gasteiger partial charge in [-0.15, -0.1) is 11.8 Å². The summed E-state index contributed by atoms with van der Waals surface area (Å²) < 4.78 is 14.8. The van der Waals surface area contributed by atoms with Crippen LogP contribution >= 0.6 is 39.3 Å². The maximum Gasteiger partial charge on any atom is 0.127 e. The maximum absolute atomic E-state index is 13.8. The van der Waals surface area contributed by atoms with Gasteiger partial charge in [0, 0.05) is 26.2 Å². The van der Waals surface area contributed by atoms with Gasteiger partial charge in [-0.25, -0.2) is 4.39 Å². The van der Waals surface area contributed by atoms with E-state index in [2.05, 4.69) is 21.4 Å². The molecule has 0 aromatic heterocycles. The van der Waals surface area contributed by atoms with E-state index < -0.39 is 0 Å². The molecule has 6 heteroatoms. The highest BCUT2D eigenvalue weighted by Crippen LogP contribution is 2.23. The molecular weight excluding hydrogens is 375 g/mol. The Balaban J connectivity index is 1.95. The van der Waals surface area contributed by atoms with E-state index in [-0.39, 0.29) is 11.9 Å². The zero-order valence-electron chi connectivity index (χ0n) is 11.2. The molecule has 0 saturated heterocycles. The van der Waals surface area contributed by atoms with Crippen LogP contribution in [0.3, 0.4) is 0 Å². The predicted molar refractivity (Wildman–Crippen MR) is 91.1 cm³/mol. The lowest BCUT2D eigenvalue weighted by molar-refractivity contribution is 0.546. The Morgan fingerprint density at radius 1 is 1.24 bits per heavy atom. The first-order chi connectivity index (χ1) is 10.1. The summed E-state index contributed by atoms with van der Waals surface area (Å²) in [6.45, 7) is 0. The lowest BCUT2D eigenvalue weighted by Crippen LogP contribution is -2.38. The van der Waals surface area contributed by atoms with Gasteiger partial charge in [-0.2, -0.15) is 0 Å². The maximum atomic E-state index is 13.8. The summed E-state index contributed by atoms with van der Waals surface area (Å²) in [5.74, 6) is 6.02. The van der Waals surface area contributed by atoms with Gasteiger partial charge >= 0.3 is 0 Å². The SMILES string of the molecule is NNC(CSc1ccc(Br)cc1)Cc1ccc(Cl)cc1F. The van der Waals surface area contributed by atoms with Crippen molar-refractivity contribution >= 4 is 39.3 Å². The number of thioether (sulfide) groups is 1. The Morgan fingerprint density at radius 3 is 2.57 bits per heavy atom. The molecule has 0 fully saturated rings. The second kappa shape index (κ2) is 8.15. The summed E-state index contributed by atoms with van der Waals surface area (Å²) >= 11 is 10.8. The van der Waals surface area contributed by atoms with Crippen LogP contribution in [0.25, 0.3) is 0 Å². The highest BCUT2D eigenvalue weighted by atomic mass is 79.9. The predicted octanol–water partition coefficient (Wildman–Crippen LogP) is 4.41. The number of benzene rings is 2. The summed E-state index contributed by atoms with van der Waals surface area (Å²) in [7, 11) is 0. The Hall–Kier alpha value is -0.590. The molecule has 2 aromatic carbocycles. The average Bonchev–Trinajstić information content (AvgIpc) is 2.47. The molecule has 0 radical (unpaired) electrons. The molecule has 3 N–H and O–H groups in total. The van der Waals surface area contributed by atoms with E-state index in [4.69, 9.17) is 17.4 Å². The van der Waals surface area contributed by atoms with Crippen molar-refractivity contribution in [2.75, 3.05) is 5.75 Å². The minimum atomic E-state index is -0.295. The summed E-state index contributed by atoms with van der Waals surface area (Å²) in [6, 6.07) is 12.7. The van der Waals surface area contributed by atoms with Crippen LogP contribution in [0.2, 0.25) is 5.02 Å². The van der Waals surface area contributed by atoms with Crippen LogP contribution in [-0.4, -0.2) is 11.8 Å². The molecule has 0 amide bonds. The van der Waals surface area contributed by atoms with Gasteiger partial charge in [-0.3, -0.25) is 11.3 Å². The molecule has 2 nitrogen and oxygen atoms in total. The van der Waals surface area contributed by atoms with Crippen molar-refractivity contribution in [3.05, 3.63) is 63.3 Å². The fourth-order valence-corrected chi connectivity index (χ4v) is 3.21. The van der Waals surface area contributed by atoms with Crippen molar-refractivity contribution in [2.45, 2.75) is 17.4 Å². The zero-order chi connectivity index (χ0) is 15.2. The number of hydrogen-bond acceptors (Lipinski definition) is 3. The van der Waals surface area contributed by atoms with Crippen LogP contribution in [0.5, 0.6) is 0 Å². The number of halogens is 3. The average molecular weight is 390 g/mol. The molecule has 0 heterocycles. The van der Waals surface area contributed by atoms with Crippen LogP contribution < -0.4 is 11.3 Å². The van der Waals surface area contributed by atoms with Gasteiger partial charge in [0.15, 0.2) is 0 Å². The first kappa shape index (κ1) is 16.8. The van der Waals surface area contributed by atoms with Gasteiger partial charge in [-0.1, -0.05) is 33.6 Å². The molecule has 0 saturated carbocycles. The molecule has 2 rings (SSSR count). The first-order valence-corrected chi connectivity index (χ1v) is 8.52. The molecule has 1 unspecified atom stereocenters. The summed E-state index contributed by atoms with van der Waals surface area (Å²) in [4.78, 5) is 1.15. The third-order valence-electron chi connectivity index (χ3n) is 2.98. The second-order valence-corrected chi connectivity index (χ2v) is 7.01. The van der Waals surface area contributed by atoms with Gasteiger partial charge in [0.1, 0.15) is 5.82 Å².